The van der Waals surface area contributed by atoms with E-state index in [2.05, 4.69) is 74.4 Å². The third-order valence-electron chi connectivity index (χ3n) is 5.51. The van der Waals surface area contributed by atoms with Crippen molar-refractivity contribution in [3.05, 3.63) is 58.7 Å². The Balaban J connectivity index is 1.77. The van der Waals surface area contributed by atoms with Gasteiger partial charge in [0.1, 0.15) is 0 Å². The number of fused-ring (bicyclic) bond motifs is 2. The molecule has 0 saturated heterocycles. The van der Waals surface area contributed by atoms with E-state index in [1.807, 2.05) is 0 Å². The largest absolute Gasteiger partial charge is 0.378 e. The molecule has 2 nitrogen and oxygen atoms in total. The zero-order valence-corrected chi connectivity index (χ0v) is 15.2. The molecule has 2 aliphatic rings. The van der Waals surface area contributed by atoms with Gasteiger partial charge in [-0.25, -0.2) is 0 Å². The van der Waals surface area contributed by atoms with Crippen molar-refractivity contribution in [2.45, 2.75) is 25.7 Å². The normalized spacial score (nSPS) is 18.5. The first-order valence-corrected chi connectivity index (χ1v) is 8.88. The molecule has 0 atom stereocenters. The second-order valence-electron chi connectivity index (χ2n) is 7.43. The van der Waals surface area contributed by atoms with Crippen molar-refractivity contribution >= 4 is 22.5 Å². The Hall–Kier alpha value is -2.22. The zero-order chi connectivity index (χ0) is 16.8. The number of aryl methyl sites for hydroxylation is 2. The Morgan fingerprint density at radius 3 is 1.38 bits per heavy atom. The summed E-state index contributed by atoms with van der Waals surface area (Å²) in [4.78, 5) is 4.39. The van der Waals surface area contributed by atoms with Crippen molar-refractivity contribution in [1.82, 2.24) is 0 Å². The van der Waals surface area contributed by atoms with Gasteiger partial charge in [-0.05, 0) is 83.3 Å². The molecule has 2 aliphatic carbocycles. The van der Waals surface area contributed by atoms with Crippen LogP contribution in [-0.4, -0.2) is 28.2 Å². The minimum atomic E-state index is 1.18. The van der Waals surface area contributed by atoms with Gasteiger partial charge in [-0.2, -0.15) is 0 Å². The van der Waals surface area contributed by atoms with Crippen molar-refractivity contribution in [2.24, 2.45) is 0 Å². The summed E-state index contributed by atoms with van der Waals surface area (Å²) >= 11 is 0. The molecule has 2 heteroatoms. The Bertz CT molecular complexity index is 758. The summed E-state index contributed by atoms with van der Waals surface area (Å²) in [5.41, 5.74) is 11.8. The molecule has 124 valence electrons. The third-order valence-corrected chi connectivity index (χ3v) is 5.51. The molecular weight excluding hydrogens is 292 g/mol. The standard InChI is InChI=1S/C22H26N2/c1-23(2)17-7-11-19-15(13-17)5-9-21(19)22-10-6-16-14-18(24(3)4)8-12-20(16)22/h7-8,11-14H,5-6,9-10H2,1-4H3/b22-21+. The van der Waals surface area contributed by atoms with E-state index in [0.29, 0.717) is 0 Å². The first-order chi connectivity index (χ1) is 11.5. The van der Waals surface area contributed by atoms with E-state index in [-0.39, 0.29) is 0 Å². The highest BCUT2D eigenvalue weighted by Gasteiger charge is 2.25. The van der Waals surface area contributed by atoms with Gasteiger partial charge >= 0.3 is 0 Å². The highest BCUT2D eigenvalue weighted by molar-refractivity contribution is 5.96. The Morgan fingerprint density at radius 2 is 1.00 bits per heavy atom. The van der Waals surface area contributed by atoms with Crippen LogP contribution in [0.15, 0.2) is 36.4 Å². The van der Waals surface area contributed by atoms with Crippen molar-refractivity contribution in [1.29, 1.82) is 0 Å². The lowest BCUT2D eigenvalue weighted by atomic mass is 9.96. The van der Waals surface area contributed by atoms with Crippen LogP contribution in [0.2, 0.25) is 0 Å². The molecule has 0 amide bonds. The Morgan fingerprint density at radius 1 is 0.583 bits per heavy atom. The fraction of sp³-hybridized carbons (Fsp3) is 0.364. The molecule has 0 aromatic heterocycles. The molecule has 0 fully saturated rings. The average Bonchev–Trinajstić information content (AvgIpc) is 3.16. The smallest absolute Gasteiger partial charge is 0.0364 e. The Labute approximate surface area is 145 Å². The van der Waals surface area contributed by atoms with Crippen LogP contribution in [0.25, 0.3) is 11.1 Å². The maximum Gasteiger partial charge on any atom is 0.0364 e. The first kappa shape index (κ1) is 15.3. The van der Waals surface area contributed by atoms with Crippen LogP contribution in [0, 0.1) is 0 Å². The van der Waals surface area contributed by atoms with E-state index < -0.39 is 0 Å². The minimum absolute atomic E-state index is 1.18. The summed E-state index contributed by atoms with van der Waals surface area (Å²) in [5.74, 6) is 0. The molecule has 24 heavy (non-hydrogen) atoms. The van der Waals surface area contributed by atoms with Gasteiger partial charge in [-0.15, -0.1) is 0 Å². The zero-order valence-electron chi connectivity index (χ0n) is 15.2. The molecule has 0 bridgehead atoms. The topological polar surface area (TPSA) is 6.48 Å². The number of hydrogen-bond acceptors (Lipinski definition) is 2. The van der Waals surface area contributed by atoms with Crippen molar-refractivity contribution in [3.63, 3.8) is 0 Å². The number of rotatable bonds is 2. The maximum atomic E-state index is 2.37. The van der Waals surface area contributed by atoms with Crippen LogP contribution in [0.1, 0.15) is 35.1 Å². The number of hydrogen-bond donors (Lipinski definition) is 0. The van der Waals surface area contributed by atoms with Crippen LogP contribution in [-0.2, 0) is 12.8 Å². The van der Waals surface area contributed by atoms with Crippen LogP contribution in [0.5, 0.6) is 0 Å². The van der Waals surface area contributed by atoms with Gasteiger partial charge in [0.2, 0.25) is 0 Å². The van der Waals surface area contributed by atoms with Gasteiger partial charge < -0.3 is 9.80 Å². The van der Waals surface area contributed by atoms with Gasteiger partial charge in [0, 0.05) is 39.6 Å². The summed E-state index contributed by atoms with van der Waals surface area (Å²) in [6.45, 7) is 0. The molecular formula is C22H26N2. The van der Waals surface area contributed by atoms with Gasteiger partial charge in [0.25, 0.3) is 0 Å². The number of anilines is 2. The van der Waals surface area contributed by atoms with Crippen molar-refractivity contribution in [3.8, 4) is 0 Å². The molecule has 0 heterocycles. The fourth-order valence-electron chi connectivity index (χ4n) is 4.13. The second kappa shape index (κ2) is 5.70. The monoisotopic (exact) mass is 318 g/mol. The fourth-order valence-corrected chi connectivity index (χ4v) is 4.13. The summed E-state index contributed by atoms with van der Waals surface area (Å²) in [7, 11) is 8.47. The Kier molecular flexibility index (Phi) is 3.64. The first-order valence-electron chi connectivity index (χ1n) is 8.88. The highest BCUT2D eigenvalue weighted by Crippen LogP contribution is 2.44. The summed E-state index contributed by atoms with van der Waals surface area (Å²) in [6.07, 6.45) is 4.74. The summed E-state index contributed by atoms with van der Waals surface area (Å²) in [5, 5.41) is 0. The third kappa shape index (κ3) is 2.41. The van der Waals surface area contributed by atoms with E-state index in [4.69, 9.17) is 0 Å². The van der Waals surface area contributed by atoms with Crippen molar-refractivity contribution in [2.75, 3.05) is 38.0 Å². The highest BCUT2D eigenvalue weighted by atomic mass is 15.1. The molecule has 0 saturated carbocycles. The lowest BCUT2D eigenvalue weighted by Gasteiger charge is -2.15. The summed E-state index contributed by atoms with van der Waals surface area (Å²) in [6, 6.07) is 13.9. The number of benzene rings is 2. The molecule has 0 N–H and O–H groups in total. The quantitative estimate of drug-likeness (QED) is 0.797. The van der Waals surface area contributed by atoms with Crippen LogP contribution in [0.3, 0.4) is 0 Å². The van der Waals surface area contributed by atoms with Gasteiger partial charge in [-0.1, -0.05) is 12.1 Å². The molecule has 2 aromatic rings. The second-order valence-corrected chi connectivity index (χ2v) is 7.43. The molecule has 0 aliphatic heterocycles. The van der Waals surface area contributed by atoms with Crippen LogP contribution < -0.4 is 9.80 Å². The van der Waals surface area contributed by atoms with E-state index in [9.17, 15) is 0 Å². The number of nitrogens with zero attached hydrogens (tertiary/aromatic N) is 2. The minimum Gasteiger partial charge on any atom is -0.378 e. The van der Waals surface area contributed by atoms with E-state index in [0.717, 1.165) is 0 Å². The number of allylic oxidation sites excluding steroid dienone is 2. The van der Waals surface area contributed by atoms with Crippen molar-refractivity contribution < 1.29 is 0 Å². The average molecular weight is 318 g/mol. The molecule has 2 aromatic carbocycles. The maximum absolute atomic E-state index is 2.37. The van der Waals surface area contributed by atoms with Crippen LogP contribution in [0.4, 0.5) is 11.4 Å². The van der Waals surface area contributed by atoms with Gasteiger partial charge in [0.05, 0.1) is 0 Å². The van der Waals surface area contributed by atoms with E-state index in [1.165, 1.54) is 59.3 Å². The van der Waals surface area contributed by atoms with Crippen LogP contribution >= 0.6 is 0 Å². The van der Waals surface area contributed by atoms with E-state index >= 15 is 0 Å². The predicted octanol–water partition coefficient (Wildman–Crippen LogP) is 4.62. The molecule has 0 unspecified atom stereocenters. The molecule has 0 spiro atoms. The molecule has 4 rings (SSSR count). The van der Waals surface area contributed by atoms with E-state index in [1.54, 1.807) is 11.1 Å². The lowest BCUT2D eigenvalue weighted by molar-refractivity contribution is 1.05. The SMILES string of the molecule is CN(C)c1ccc2c(c1)CC/C2=C1/CCc2cc(N(C)C)ccc21. The summed E-state index contributed by atoms with van der Waals surface area (Å²) < 4.78 is 0. The lowest BCUT2D eigenvalue weighted by Crippen LogP contribution is -2.08. The van der Waals surface area contributed by atoms with Gasteiger partial charge in [-0.3, -0.25) is 0 Å². The molecule has 0 radical (unpaired) electrons. The predicted molar refractivity (Wildman–Crippen MR) is 105 cm³/mol. The van der Waals surface area contributed by atoms with Gasteiger partial charge in [0.15, 0.2) is 0 Å².